The van der Waals surface area contributed by atoms with E-state index in [0.717, 1.165) is 11.4 Å². The molecule has 7 aliphatic carbocycles. The summed E-state index contributed by atoms with van der Waals surface area (Å²) in [5.74, 6) is -0.149. The summed E-state index contributed by atoms with van der Waals surface area (Å²) in [6, 6.07) is 141. The van der Waals surface area contributed by atoms with Gasteiger partial charge in [-0.1, -0.05) is 328 Å². The predicted octanol–water partition coefficient (Wildman–Crippen LogP) is 23.6. The minimum Gasteiger partial charge on any atom is -0.334 e. The Morgan fingerprint density at radius 3 is 1.17 bits per heavy atom. The SMILES string of the molecule is C1=C2C3B(c4ccc5c(c4N2c2ccc(-c4ccccc4)cc2)C2(c4ccccc4-c4ccccc42)c2ccccc2-5)c2ccc4c(c2N(c2ccc5c(c2)-c2ccccc2C52c5ccccc5-c5ccccc52)C3C=C1n1c2ccccc2c2ccccc21)-c1ccccc1C41c2ccccc2-c2ccccc21. The van der Waals surface area contributed by atoms with Crippen LogP contribution in [0.4, 0.5) is 22.7 Å². The Hall–Kier alpha value is -13.5. The van der Waals surface area contributed by atoms with Gasteiger partial charge in [0.25, 0.3) is 0 Å². The molecule has 16 aromatic carbocycles. The Morgan fingerprint density at radius 1 is 0.275 bits per heavy atom. The number of para-hydroxylation sites is 2. The lowest BCUT2D eigenvalue weighted by Gasteiger charge is -2.54. The van der Waals surface area contributed by atoms with Gasteiger partial charge in [-0.25, -0.2) is 0 Å². The third kappa shape index (κ3) is 6.97. The first-order chi connectivity index (χ1) is 54.1. The number of hydrogen-bond acceptors (Lipinski definition) is 2. The first-order valence-electron chi connectivity index (χ1n) is 38.7. The molecule has 0 fully saturated rings. The molecule has 0 saturated heterocycles. The Balaban J connectivity index is 0.836. The number of hydrogen-bond donors (Lipinski definition) is 0. The van der Waals surface area contributed by atoms with Crippen LogP contribution in [0.25, 0.3) is 105 Å². The highest BCUT2D eigenvalue weighted by Gasteiger charge is 2.62. The van der Waals surface area contributed by atoms with Crippen molar-refractivity contribution in [1.29, 1.82) is 0 Å². The van der Waals surface area contributed by atoms with Gasteiger partial charge in [0.15, 0.2) is 0 Å². The summed E-state index contributed by atoms with van der Waals surface area (Å²) in [5.41, 5.74) is 44.4. The number of benzene rings is 16. The molecule has 0 bridgehead atoms. The first kappa shape index (κ1) is 58.7. The zero-order valence-electron chi connectivity index (χ0n) is 59.4. The predicted molar refractivity (Wildman–Crippen MR) is 449 cm³/mol. The molecular weight excluding hydrogens is 1310 g/mol. The van der Waals surface area contributed by atoms with Gasteiger partial charge in [-0.3, -0.25) is 0 Å². The topological polar surface area (TPSA) is 11.4 Å². The largest absolute Gasteiger partial charge is 0.334 e. The van der Waals surface area contributed by atoms with Crippen LogP contribution in [0.1, 0.15) is 66.8 Å². The van der Waals surface area contributed by atoms with E-state index < -0.39 is 16.2 Å². The van der Waals surface area contributed by atoms with Crippen LogP contribution >= 0.6 is 0 Å². The van der Waals surface area contributed by atoms with Crippen molar-refractivity contribution < 1.29 is 0 Å². The van der Waals surface area contributed by atoms with Crippen LogP contribution in [0.5, 0.6) is 0 Å². The van der Waals surface area contributed by atoms with E-state index in [2.05, 4.69) is 391 Å². The van der Waals surface area contributed by atoms with Crippen molar-refractivity contribution >= 4 is 67.9 Å². The number of anilines is 4. The summed E-state index contributed by atoms with van der Waals surface area (Å²) in [6.45, 7) is -0.159. The van der Waals surface area contributed by atoms with Crippen molar-refractivity contribution in [2.75, 3.05) is 9.80 Å². The number of aromatic nitrogens is 1. The van der Waals surface area contributed by atoms with Crippen LogP contribution in [0.15, 0.2) is 382 Å². The first-order valence-corrected chi connectivity index (χ1v) is 38.7. The molecule has 17 aromatic rings. The fraction of sp³-hybridized carbons (Fsp3) is 0.0476. The lowest BCUT2D eigenvalue weighted by Crippen LogP contribution is -2.64. The van der Waals surface area contributed by atoms with Crippen molar-refractivity contribution in [3.63, 3.8) is 0 Å². The number of nitrogens with zero attached hydrogens (tertiary/aromatic N) is 3. The van der Waals surface area contributed by atoms with Gasteiger partial charge < -0.3 is 14.4 Å². The van der Waals surface area contributed by atoms with Crippen LogP contribution in [-0.4, -0.2) is 17.3 Å². The maximum absolute atomic E-state index is 2.90. The van der Waals surface area contributed by atoms with E-state index in [1.165, 1.54) is 200 Å². The van der Waals surface area contributed by atoms with Gasteiger partial charge in [0.1, 0.15) is 0 Å². The van der Waals surface area contributed by atoms with E-state index in [1.54, 1.807) is 0 Å². The fourth-order valence-corrected chi connectivity index (χ4v) is 23.4. The molecule has 502 valence electrons. The van der Waals surface area contributed by atoms with Crippen molar-refractivity contribution in [2.24, 2.45) is 0 Å². The molecule has 2 unspecified atom stereocenters. The lowest BCUT2D eigenvalue weighted by atomic mass is 9.28. The molecule has 4 heteroatoms. The minimum absolute atomic E-state index is 0.149. The van der Waals surface area contributed by atoms with Gasteiger partial charge in [0.2, 0.25) is 6.71 Å². The van der Waals surface area contributed by atoms with E-state index in [0.29, 0.717) is 0 Å². The average Bonchev–Trinajstić information content (AvgIpc) is 1.56. The third-order valence-electron chi connectivity index (χ3n) is 27.1. The van der Waals surface area contributed by atoms with Gasteiger partial charge in [-0.2, -0.15) is 0 Å². The second-order valence-electron chi connectivity index (χ2n) is 31.4. The van der Waals surface area contributed by atoms with Crippen molar-refractivity contribution in [2.45, 2.75) is 28.1 Å². The summed E-state index contributed by atoms with van der Waals surface area (Å²) >= 11 is 0. The zero-order valence-corrected chi connectivity index (χ0v) is 59.4. The van der Waals surface area contributed by atoms with Crippen LogP contribution in [0, 0.1) is 0 Å². The normalized spacial score (nSPS) is 17.1. The molecular formula is C105H64BN3. The van der Waals surface area contributed by atoms with Crippen molar-refractivity contribution in [1.82, 2.24) is 4.57 Å². The van der Waals surface area contributed by atoms with Gasteiger partial charge in [-0.05, 0) is 193 Å². The highest BCUT2D eigenvalue weighted by atomic mass is 15.2. The van der Waals surface area contributed by atoms with E-state index in [-0.39, 0.29) is 18.6 Å². The molecule has 2 atom stereocenters. The highest BCUT2D eigenvalue weighted by molar-refractivity contribution is 6.90. The summed E-state index contributed by atoms with van der Waals surface area (Å²) in [5, 5.41) is 2.47. The Morgan fingerprint density at radius 2 is 0.651 bits per heavy atom. The van der Waals surface area contributed by atoms with Crippen LogP contribution in [0.2, 0.25) is 5.82 Å². The Bertz CT molecular complexity index is 6840. The Labute approximate surface area is 632 Å². The van der Waals surface area contributed by atoms with Crippen molar-refractivity contribution in [3.05, 3.63) is 449 Å². The molecule has 0 N–H and O–H groups in total. The molecule has 0 radical (unpaired) electrons. The maximum atomic E-state index is 2.90. The van der Waals surface area contributed by atoms with Gasteiger partial charge in [-0.15, -0.1) is 0 Å². The van der Waals surface area contributed by atoms with Gasteiger partial charge in [0.05, 0.1) is 33.3 Å². The quantitative estimate of drug-likeness (QED) is 0.163. The molecule has 0 amide bonds. The molecule has 3 nitrogen and oxygen atoms in total. The second-order valence-corrected chi connectivity index (χ2v) is 31.4. The fourth-order valence-electron chi connectivity index (χ4n) is 23.4. The lowest BCUT2D eigenvalue weighted by molar-refractivity contribution is 0.716. The van der Waals surface area contributed by atoms with Crippen LogP contribution in [0.3, 0.4) is 0 Å². The summed E-state index contributed by atoms with van der Waals surface area (Å²) in [6.07, 6.45) is 5.37. The van der Waals surface area contributed by atoms with E-state index in [1.807, 2.05) is 0 Å². The average molecular weight is 1380 g/mol. The molecule has 9 aliphatic rings. The molecule has 2 aliphatic heterocycles. The smallest absolute Gasteiger partial charge is 0.226 e. The molecule has 3 spiro atoms. The summed E-state index contributed by atoms with van der Waals surface area (Å²) < 4.78 is 2.61. The van der Waals surface area contributed by atoms with Gasteiger partial charge >= 0.3 is 0 Å². The number of rotatable bonds is 4. The van der Waals surface area contributed by atoms with Crippen LogP contribution < -0.4 is 20.7 Å². The van der Waals surface area contributed by atoms with E-state index in [4.69, 9.17) is 0 Å². The molecule has 1 aromatic heterocycles. The van der Waals surface area contributed by atoms with E-state index in [9.17, 15) is 0 Å². The second kappa shape index (κ2) is 21.0. The molecule has 109 heavy (non-hydrogen) atoms. The maximum Gasteiger partial charge on any atom is 0.226 e. The zero-order chi connectivity index (χ0) is 70.7. The Kier molecular flexibility index (Phi) is 11.3. The molecule has 0 saturated carbocycles. The van der Waals surface area contributed by atoms with E-state index >= 15 is 0 Å². The molecule has 26 rings (SSSR count). The summed E-state index contributed by atoms with van der Waals surface area (Å²) in [7, 11) is 0. The third-order valence-corrected chi connectivity index (χ3v) is 27.1. The van der Waals surface area contributed by atoms with Gasteiger partial charge in [0, 0.05) is 61.9 Å². The minimum atomic E-state index is -0.686. The molecule has 3 heterocycles. The van der Waals surface area contributed by atoms with Crippen molar-refractivity contribution in [3.8, 4) is 77.9 Å². The standard InChI is InChI=1S/C105H64BN3/c1-2-26-63(27-3-1)64-50-52-65(53-51-64)108-96-61-67(107-94-48-24-13-36-76(94)77-37-14-25-49-95(77)107)62-97-100(96)106(93-58-55-78-74-34-10-22-46-88(74)105(99(78)102(93)108)86-44-20-8-32-72(86)73-33-9-21-45-87(73)105)92-59-57-91-98(79-38-12-23-47-89(79)104(91)83-41-17-6-30-70(83)71-31-7-18-42-84(71)104)101(92)109(97)66-54-56-90-80(60-66)75-35-11-19-43-85(75)103(90)81-39-15-4-28-68(81)69-29-5-16-40-82(69)103/h1-62,97,100H. The monoisotopic (exact) mass is 1380 g/mol. The number of fused-ring (bicyclic) bond motifs is 39. The van der Waals surface area contributed by atoms with Crippen LogP contribution in [-0.2, 0) is 16.2 Å². The highest BCUT2D eigenvalue weighted by Crippen LogP contribution is 2.70. The summed E-state index contributed by atoms with van der Waals surface area (Å²) in [4.78, 5) is 5.71. The number of allylic oxidation sites excluding steroid dienone is 2.